The standard InChI is InChI=1S/C9H6FN3/c10-6-1-2-7-8(3-4-11)12-13-9(7)5-6/h1-2,5H,3H2,(H,12,13). The quantitative estimate of drug-likeness (QED) is 0.718. The van der Waals surface area contributed by atoms with Gasteiger partial charge in [0.1, 0.15) is 5.82 Å². The summed E-state index contributed by atoms with van der Waals surface area (Å²) in [5, 5.41) is 15.9. The van der Waals surface area contributed by atoms with E-state index in [1.54, 1.807) is 6.07 Å². The number of H-pyrrole nitrogens is 1. The third-order valence-corrected chi connectivity index (χ3v) is 1.85. The lowest BCUT2D eigenvalue weighted by Crippen LogP contribution is -1.81. The first-order valence-electron chi connectivity index (χ1n) is 3.80. The molecule has 0 spiro atoms. The second-order valence-corrected chi connectivity index (χ2v) is 2.70. The zero-order chi connectivity index (χ0) is 9.26. The van der Waals surface area contributed by atoms with Crippen molar-refractivity contribution < 1.29 is 4.39 Å². The van der Waals surface area contributed by atoms with Crippen molar-refractivity contribution in [3.05, 3.63) is 29.7 Å². The molecule has 64 valence electrons. The van der Waals surface area contributed by atoms with Gasteiger partial charge in [0.15, 0.2) is 0 Å². The van der Waals surface area contributed by atoms with Gasteiger partial charge in [0, 0.05) is 11.5 Å². The van der Waals surface area contributed by atoms with Crippen LogP contribution >= 0.6 is 0 Å². The minimum absolute atomic E-state index is 0.266. The highest BCUT2D eigenvalue weighted by Gasteiger charge is 2.04. The van der Waals surface area contributed by atoms with Crippen LogP contribution < -0.4 is 0 Å². The van der Waals surface area contributed by atoms with Crippen LogP contribution in [0.25, 0.3) is 10.9 Å². The van der Waals surface area contributed by atoms with Crippen molar-refractivity contribution in [2.45, 2.75) is 6.42 Å². The average Bonchev–Trinajstić information content (AvgIpc) is 2.49. The van der Waals surface area contributed by atoms with Crippen molar-refractivity contribution in [1.29, 1.82) is 5.26 Å². The molecule has 0 saturated carbocycles. The number of hydrogen-bond acceptors (Lipinski definition) is 2. The molecule has 2 aromatic rings. The number of halogens is 1. The van der Waals surface area contributed by atoms with E-state index in [0.29, 0.717) is 5.52 Å². The Morgan fingerprint density at radius 1 is 1.54 bits per heavy atom. The fourth-order valence-corrected chi connectivity index (χ4v) is 1.25. The van der Waals surface area contributed by atoms with Crippen LogP contribution in [0.15, 0.2) is 18.2 Å². The summed E-state index contributed by atoms with van der Waals surface area (Å²) < 4.78 is 12.7. The van der Waals surface area contributed by atoms with Gasteiger partial charge in [-0.3, -0.25) is 5.10 Å². The smallest absolute Gasteiger partial charge is 0.125 e. The maximum Gasteiger partial charge on any atom is 0.125 e. The summed E-state index contributed by atoms with van der Waals surface area (Å²) in [4.78, 5) is 0. The Labute approximate surface area is 73.8 Å². The first-order valence-corrected chi connectivity index (χ1v) is 3.80. The van der Waals surface area contributed by atoms with Crippen LogP contribution in [-0.4, -0.2) is 10.2 Å². The van der Waals surface area contributed by atoms with Crippen molar-refractivity contribution in [3.63, 3.8) is 0 Å². The van der Waals surface area contributed by atoms with E-state index in [2.05, 4.69) is 10.2 Å². The molecule has 0 radical (unpaired) electrons. The minimum Gasteiger partial charge on any atom is -0.280 e. The summed E-state index contributed by atoms with van der Waals surface area (Å²) >= 11 is 0. The lowest BCUT2D eigenvalue weighted by Gasteiger charge is -1.89. The molecule has 1 aromatic heterocycles. The van der Waals surface area contributed by atoms with Crippen molar-refractivity contribution in [2.24, 2.45) is 0 Å². The number of nitrogens with one attached hydrogen (secondary N) is 1. The summed E-state index contributed by atoms with van der Waals surface area (Å²) in [6.07, 6.45) is 0.266. The van der Waals surface area contributed by atoms with E-state index in [-0.39, 0.29) is 12.2 Å². The zero-order valence-corrected chi connectivity index (χ0v) is 6.71. The number of rotatable bonds is 1. The molecule has 0 aliphatic carbocycles. The Bertz CT molecular complexity index is 481. The molecular weight excluding hydrogens is 169 g/mol. The fraction of sp³-hybridized carbons (Fsp3) is 0.111. The highest BCUT2D eigenvalue weighted by Crippen LogP contribution is 2.16. The highest BCUT2D eigenvalue weighted by molar-refractivity contribution is 5.81. The molecule has 0 saturated heterocycles. The number of benzene rings is 1. The van der Waals surface area contributed by atoms with Crippen LogP contribution in [0.3, 0.4) is 0 Å². The van der Waals surface area contributed by atoms with Crippen molar-refractivity contribution in [1.82, 2.24) is 10.2 Å². The van der Waals surface area contributed by atoms with Gasteiger partial charge >= 0.3 is 0 Å². The molecule has 0 bridgehead atoms. The van der Waals surface area contributed by atoms with Gasteiger partial charge in [-0.2, -0.15) is 10.4 Å². The number of fused-ring (bicyclic) bond motifs is 1. The van der Waals surface area contributed by atoms with E-state index in [1.807, 2.05) is 6.07 Å². The molecule has 3 nitrogen and oxygen atoms in total. The van der Waals surface area contributed by atoms with E-state index >= 15 is 0 Å². The fourth-order valence-electron chi connectivity index (χ4n) is 1.25. The summed E-state index contributed by atoms with van der Waals surface area (Å²) in [6.45, 7) is 0. The number of nitriles is 1. The van der Waals surface area contributed by atoms with Crippen LogP contribution in [0.5, 0.6) is 0 Å². The van der Waals surface area contributed by atoms with Crippen LogP contribution in [0, 0.1) is 17.1 Å². The molecule has 13 heavy (non-hydrogen) atoms. The van der Waals surface area contributed by atoms with Gasteiger partial charge in [0.25, 0.3) is 0 Å². The maximum atomic E-state index is 12.7. The van der Waals surface area contributed by atoms with Gasteiger partial charge in [0.2, 0.25) is 0 Å². The molecular formula is C9H6FN3. The lowest BCUT2D eigenvalue weighted by atomic mass is 10.2. The number of aromatic nitrogens is 2. The molecule has 2 rings (SSSR count). The summed E-state index contributed by atoms with van der Waals surface area (Å²) in [5.41, 5.74) is 1.29. The highest BCUT2D eigenvalue weighted by atomic mass is 19.1. The van der Waals surface area contributed by atoms with Gasteiger partial charge in [-0.05, 0) is 12.1 Å². The number of nitrogens with zero attached hydrogens (tertiary/aromatic N) is 2. The second-order valence-electron chi connectivity index (χ2n) is 2.70. The predicted molar refractivity (Wildman–Crippen MR) is 45.4 cm³/mol. The van der Waals surface area contributed by atoms with Crippen LogP contribution in [-0.2, 0) is 6.42 Å². The number of hydrogen-bond donors (Lipinski definition) is 1. The Balaban J connectivity index is 2.63. The third kappa shape index (κ3) is 1.25. The van der Waals surface area contributed by atoms with Gasteiger partial charge in [-0.25, -0.2) is 4.39 Å². The average molecular weight is 175 g/mol. The summed E-state index contributed by atoms with van der Waals surface area (Å²) in [5.74, 6) is -0.317. The van der Waals surface area contributed by atoms with Gasteiger partial charge in [-0.1, -0.05) is 0 Å². The SMILES string of the molecule is N#CCc1[nH]nc2cc(F)ccc12. The molecule has 1 N–H and O–H groups in total. The van der Waals surface area contributed by atoms with E-state index in [0.717, 1.165) is 11.1 Å². The Morgan fingerprint density at radius 3 is 3.15 bits per heavy atom. The molecule has 0 amide bonds. The Kier molecular flexibility index (Phi) is 1.71. The summed E-state index contributed by atoms with van der Waals surface area (Å²) in [6, 6.07) is 6.34. The van der Waals surface area contributed by atoms with E-state index in [1.165, 1.54) is 12.1 Å². The van der Waals surface area contributed by atoms with E-state index in [9.17, 15) is 4.39 Å². The Hall–Kier alpha value is -1.89. The third-order valence-electron chi connectivity index (χ3n) is 1.85. The second kappa shape index (κ2) is 2.87. The predicted octanol–water partition coefficient (Wildman–Crippen LogP) is 1.77. The largest absolute Gasteiger partial charge is 0.280 e. The Morgan fingerprint density at radius 2 is 2.38 bits per heavy atom. The van der Waals surface area contributed by atoms with Crippen molar-refractivity contribution in [2.75, 3.05) is 0 Å². The molecule has 4 heteroatoms. The van der Waals surface area contributed by atoms with E-state index < -0.39 is 0 Å². The lowest BCUT2D eigenvalue weighted by molar-refractivity contribution is 0.629. The van der Waals surface area contributed by atoms with Crippen LogP contribution in [0.1, 0.15) is 5.69 Å². The van der Waals surface area contributed by atoms with Gasteiger partial charge in [-0.15, -0.1) is 0 Å². The zero-order valence-electron chi connectivity index (χ0n) is 6.71. The van der Waals surface area contributed by atoms with Gasteiger partial charge < -0.3 is 0 Å². The molecule has 1 heterocycles. The molecule has 0 unspecified atom stereocenters. The first kappa shape index (κ1) is 7.74. The normalized spacial score (nSPS) is 10.2. The van der Waals surface area contributed by atoms with Crippen LogP contribution in [0.2, 0.25) is 0 Å². The van der Waals surface area contributed by atoms with Crippen LogP contribution in [0.4, 0.5) is 4.39 Å². The maximum absolute atomic E-state index is 12.7. The molecule has 0 aliphatic rings. The van der Waals surface area contributed by atoms with E-state index in [4.69, 9.17) is 5.26 Å². The monoisotopic (exact) mass is 175 g/mol. The van der Waals surface area contributed by atoms with Crippen molar-refractivity contribution in [3.8, 4) is 6.07 Å². The molecule has 0 fully saturated rings. The minimum atomic E-state index is -0.317. The number of aromatic amines is 1. The van der Waals surface area contributed by atoms with Gasteiger partial charge in [0.05, 0.1) is 23.7 Å². The molecule has 0 aliphatic heterocycles. The topological polar surface area (TPSA) is 52.5 Å². The molecule has 0 atom stereocenters. The molecule has 1 aromatic carbocycles. The van der Waals surface area contributed by atoms with Crippen molar-refractivity contribution >= 4 is 10.9 Å². The first-order chi connectivity index (χ1) is 6.31. The summed E-state index contributed by atoms with van der Waals surface area (Å²) in [7, 11) is 0.